The van der Waals surface area contributed by atoms with Crippen molar-refractivity contribution in [1.29, 1.82) is 5.26 Å². The van der Waals surface area contributed by atoms with Gasteiger partial charge in [0.1, 0.15) is 5.75 Å². The summed E-state index contributed by atoms with van der Waals surface area (Å²) in [7, 11) is 0. The minimum Gasteiger partial charge on any atom is -0.492 e. The molecule has 1 saturated carbocycles. The van der Waals surface area contributed by atoms with Gasteiger partial charge in [-0.1, -0.05) is 17.7 Å². The third kappa shape index (κ3) is 3.83. The van der Waals surface area contributed by atoms with Gasteiger partial charge in [0.25, 0.3) is 0 Å². The van der Waals surface area contributed by atoms with Crippen LogP contribution in [-0.2, 0) is 6.54 Å². The van der Waals surface area contributed by atoms with Crippen LogP contribution in [0.4, 0.5) is 0 Å². The number of nitriles is 1. The number of aromatic nitrogens is 2. The van der Waals surface area contributed by atoms with Crippen LogP contribution in [0.25, 0.3) is 11.0 Å². The van der Waals surface area contributed by atoms with Crippen molar-refractivity contribution in [2.45, 2.75) is 51.3 Å². The first-order valence-electron chi connectivity index (χ1n) is 10.3. The molecule has 156 valence electrons. The molecule has 1 aromatic heterocycles. The fraction of sp³-hybridized carbons (Fsp3) is 0.391. The monoisotopic (exact) mass is 425 g/mol. The Morgan fingerprint density at radius 3 is 2.60 bits per heavy atom. The Balaban J connectivity index is 1.79. The molecule has 3 aromatic rings. The van der Waals surface area contributed by atoms with Gasteiger partial charge < -0.3 is 9.84 Å². The molecule has 0 saturated heterocycles. The van der Waals surface area contributed by atoms with Gasteiger partial charge in [0.05, 0.1) is 46.9 Å². The Hall–Kier alpha value is -2.75. The van der Waals surface area contributed by atoms with Crippen molar-refractivity contribution in [3.05, 3.63) is 63.0 Å². The summed E-state index contributed by atoms with van der Waals surface area (Å²) in [6.45, 7) is 2.77. The van der Waals surface area contributed by atoms with Crippen LogP contribution in [0.2, 0.25) is 5.02 Å². The highest BCUT2D eigenvalue weighted by Crippen LogP contribution is 2.31. The van der Waals surface area contributed by atoms with E-state index < -0.39 is 0 Å². The lowest BCUT2D eigenvalue weighted by Gasteiger charge is -2.26. The molecule has 0 aliphatic heterocycles. The number of rotatable bonds is 5. The average molecular weight is 426 g/mol. The maximum atomic E-state index is 13.5. The van der Waals surface area contributed by atoms with Crippen LogP contribution in [0.5, 0.6) is 5.75 Å². The molecule has 0 radical (unpaired) electrons. The molecule has 7 heteroatoms. The number of nitrogens with zero attached hydrogens (tertiary/aromatic N) is 3. The van der Waals surface area contributed by atoms with Crippen molar-refractivity contribution in [3.8, 4) is 11.8 Å². The molecular weight excluding hydrogens is 402 g/mol. The second-order valence-corrected chi connectivity index (χ2v) is 8.12. The maximum Gasteiger partial charge on any atom is 0.329 e. The van der Waals surface area contributed by atoms with Crippen molar-refractivity contribution >= 4 is 22.6 Å². The summed E-state index contributed by atoms with van der Waals surface area (Å²) in [4.78, 5) is 13.5. The lowest BCUT2D eigenvalue weighted by molar-refractivity contribution is 0.110. The van der Waals surface area contributed by atoms with E-state index in [0.717, 1.165) is 29.4 Å². The SMILES string of the molecule is CCOc1ccc(Cn2c(=O)n([C@H]3CC[C@H](O)CC3)c3ccc(C#N)cc32)cc1Cl. The molecule has 1 N–H and O–H groups in total. The van der Waals surface area contributed by atoms with E-state index in [0.29, 0.717) is 42.3 Å². The average Bonchev–Trinajstić information content (AvgIpc) is 3.01. The van der Waals surface area contributed by atoms with E-state index in [4.69, 9.17) is 16.3 Å². The van der Waals surface area contributed by atoms with Crippen LogP contribution < -0.4 is 10.4 Å². The summed E-state index contributed by atoms with van der Waals surface area (Å²) in [6, 6.07) is 13.1. The lowest BCUT2D eigenvalue weighted by Crippen LogP contribution is -2.31. The molecule has 1 fully saturated rings. The molecule has 30 heavy (non-hydrogen) atoms. The number of hydrogen-bond donors (Lipinski definition) is 1. The number of hydrogen-bond acceptors (Lipinski definition) is 4. The van der Waals surface area contributed by atoms with Crippen molar-refractivity contribution in [1.82, 2.24) is 9.13 Å². The standard InChI is InChI=1S/C23H24ClN3O3/c1-2-30-22-10-4-16(11-19(22)24)14-26-21-12-15(13-25)3-9-20(21)27(23(26)29)17-5-7-18(28)8-6-17/h3-4,9-12,17-18,28H,2,5-8,14H2,1H3/t17-,18-. The summed E-state index contributed by atoms with van der Waals surface area (Å²) in [5.74, 6) is 0.616. The normalized spacial score (nSPS) is 19.0. The van der Waals surface area contributed by atoms with Crippen molar-refractivity contribution in [2.24, 2.45) is 0 Å². The van der Waals surface area contributed by atoms with E-state index in [2.05, 4.69) is 6.07 Å². The highest BCUT2D eigenvalue weighted by Gasteiger charge is 2.25. The number of aliphatic hydroxyl groups is 1. The molecule has 0 spiro atoms. The van der Waals surface area contributed by atoms with Crippen LogP contribution in [0.1, 0.15) is 49.8 Å². The highest BCUT2D eigenvalue weighted by atomic mass is 35.5. The van der Waals surface area contributed by atoms with Gasteiger partial charge in [-0.2, -0.15) is 5.26 Å². The molecule has 0 bridgehead atoms. The van der Waals surface area contributed by atoms with Crippen LogP contribution in [0.15, 0.2) is 41.2 Å². The fourth-order valence-electron chi connectivity index (χ4n) is 4.27. The maximum absolute atomic E-state index is 13.5. The first kappa shape index (κ1) is 20.5. The largest absolute Gasteiger partial charge is 0.492 e. The highest BCUT2D eigenvalue weighted by molar-refractivity contribution is 6.32. The number of imidazole rings is 1. The Morgan fingerprint density at radius 2 is 1.93 bits per heavy atom. The lowest BCUT2D eigenvalue weighted by atomic mass is 9.93. The van der Waals surface area contributed by atoms with Gasteiger partial charge >= 0.3 is 5.69 Å². The third-order valence-electron chi connectivity index (χ3n) is 5.76. The van der Waals surface area contributed by atoms with E-state index in [1.165, 1.54) is 0 Å². The van der Waals surface area contributed by atoms with Gasteiger partial charge in [0.15, 0.2) is 0 Å². The van der Waals surface area contributed by atoms with Crippen LogP contribution in [0.3, 0.4) is 0 Å². The van der Waals surface area contributed by atoms with Crippen LogP contribution >= 0.6 is 11.6 Å². The van der Waals surface area contributed by atoms with E-state index in [1.54, 1.807) is 16.7 Å². The molecule has 1 aliphatic rings. The van der Waals surface area contributed by atoms with E-state index >= 15 is 0 Å². The summed E-state index contributed by atoms with van der Waals surface area (Å²) in [6.07, 6.45) is 2.61. The zero-order chi connectivity index (χ0) is 21.3. The van der Waals surface area contributed by atoms with Gasteiger partial charge in [-0.15, -0.1) is 0 Å². The predicted octanol–water partition coefficient (Wildman–Crippen LogP) is 4.25. The molecule has 0 atom stereocenters. The summed E-state index contributed by atoms with van der Waals surface area (Å²) >= 11 is 6.34. The summed E-state index contributed by atoms with van der Waals surface area (Å²) in [5.41, 5.74) is 2.84. The first-order chi connectivity index (χ1) is 14.5. The van der Waals surface area contributed by atoms with E-state index in [9.17, 15) is 15.2 Å². The smallest absolute Gasteiger partial charge is 0.329 e. The van der Waals surface area contributed by atoms with Gasteiger partial charge in [-0.3, -0.25) is 9.13 Å². The predicted molar refractivity (Wildman–Crippen MR) is 116 cm³/mol. The number of aliphatic hydroxyl groups excluding tert-OH is 1. The van der Waals surface area contributed by atoms with Gasteiger partial charge in [0.2, 0.25) is 0 Å². The number of benzene rings is 2. The Labute approximate surface area is 179 Å². The molecular formula is C23H24ClN3O3. The minimum absolute atomic E-state index is 0.0431. The second kappa shape index (κ2) is 8.55. The molecule has 0 unspecified atom stereocenters. The number of halogens is 1. The Bertz CT molecular complexity index is 1170. The molecule has 4 rings (SSSR count). The second-order valence-electron chi connectivity index (χ2n) is 7.71. The number of fused-ring (bicyclic) bond motifs is 1. The molecule has 0 amide bonds. The molecule has 2 aromatic carbocycles. The molecule has 1 heterocycles. The van der Waals surface area contributed by atoms with E-state index in [1.807, 2.05) is 35.8 Å². The quantitative estimate of drug-likeness (QED) is 0.662. The van der Waals surface area contributed by atoms with Gasteiger partial charge in [-0.25, -0.2) is 4.79 Å². The van der Waals surface area contributed by atoms with E-state index in [-0.39, 0.29) is 17.8 Å². The van der Waals surface area contributed by atoms with Crippen LogP contribution in [-0.4, -0.2) is 27.0 Å². The van der Waals surface area contributed by atoms with Crippen molar-refractivity contribution < 1.29 is 9.84 Å². The number of ether oxygens (including phenoxy) is 1. The molecule has 1 aliphatic carbocycles. The minimum atomic E-state index is -0.290. The topological polar surface area (TPSA) is 80.2 Å². The van der Waals surface area contributed by atoms with Gasteiger partial charge in [-0.05, 0) is 68.5 Å². The van der Waals surface area contributed by atoms with Crippen molar-refractivity contribution in [3.63, 3.8) is 0 Å². The van der Waals surface area contributed by atoms with Crippen LogP contribution in [0, 0.1) is 11.3 Å². The Kier molecular flexibility index (Phi) is 5.85. The Morgan fingerprint density at radius 1 is 1.17 bits per heavy atom. The van der Waals surface area contributed by atoms with Gasteiger partial charge in [0, 0.05) is 6.04 Å². The third-order valence-corrected chi connectivity index (χ3v) is 6.06. The fourth-order valence-corrected chi connectivity index (χ4v) is 4.53. The van der Waals surface area contributed by atoms with Crippen molar-refractivity contribution in [2.75, 3.05) is 6.61 Å². The summed E-state index contributed by atoms with van der Waals surface area (Å²) in [5, 5.41) is 19.7. The summed E-state index contributed by atoms with van der Waals surface area (Å²) < 4.78 is 9.03. The first-order valence-corrected chi connectivity index (χ1v) is 10.6. The molecule has 6 nitrogen and oxygen atoms in total. The zero-order valence-corrected chi connectivity index (χ0v) is 17.6. The zero-order valence-electron chi connectivity index (χ0n) is 16.8.